The first-order chi connectivity index (χ1) is 10.7. The molecule has 6 nitrogen and oxygen atoms in total. The number of hydrogen-bond donors (Lipinski definition) is 1. The van der Waals surface area contributed by atoms with Crippen molar-refractivity contribution in [3.8, 4) is 0 Å². The maximum absolute atomic E-state index is 4.75. The first-order valence-corrected chi connectivity index (χ1v) is 7.64. The Morgan fingerprint density at radius 1 is 1.18 bits per heavy atom. The average Bonchev–Trinajstić information content (AvgIpc) is 2.56. The molecular weight excluding hydrogens is 276 g/mol. The van der Waals surface area contributed by atoms with E-state index in [1.54, 1.807) is 0 Å². The van der Waals surface area contributed by atoms with Gasteiger partial charge in [0.2, 0.25) is 0 Å². The van der Waals surface area contributed by atoms with E-state index in [1.165, 1.54) is 0 Å². The van der Waals surface area contributed by atoms with E-state index in [1.807, 2.05) is 44.6 Å². The molecule has 0 unspecified atom stereocenters. The van der Waals surface area contributed by atoms with Crippen LogP contribution in [0.4, 0.5) is 11.6 Å². The van der Waals surface area contributed by atoms with Gasteiger partial charge in [-0.25, -0.2) is 4.98 Å². The van der Waals surface area contributed by atoms with E-state index in [2.05, 4.69) is 25.1 Å². The Balaban J connectivity index is 1.73. The SMILES string of the molecule is Cc1cccc(CN(C)c2cncc(N3CCNCC3)n2)n1. The molecule has 1 fully saturated rings. The predicted octanol–water partition coefficient (Wildman–Crippen LogP) is 1.23. The Morgan fingerprint density at radius 3 is 2.77 bits per heavy atom. The van der Waals surface area contributed by atoms with E-state index in [-0.39, 0.29) is 0 Å². The molecule has 0 aromatic carbocycles. The third-order valence-electron chi connectivity index (χ3n) is 3.79. The minimum absolute atomic E-state index is 0.724. The lowest BCUT2D eigenvalue weighted by Gasteiger charge is -2.29. The zero-order valence-electron chi connectivity index (χ0n) is 13.2. The highest BCUT2D eigenvalue weighted by atomic mass is 15.3. The Kier molecular flexibility index (Phi) is 4.48. The van der Waals surface area contributed by atoms with Crippen LogP contribution in [0.5, 0.6) is 0 Å². The van der Waals surface area contributed by atoms with Gasteiger partial charge < -0.3 is 15.1 Å². The molecule has 3 heterocycles. The van der Waals surface area contributed by atoms with E-state index in [0.717, 1.165) is 55.7 Å². The van der Waals surface area contributed by atoms with Gasteiger partial charge in [0, 0.05) is 38.9 Å². The summed E-state index contributed by atoms with van der Waals surface area (Å²) in [4.78, 5) is 18.0. The lowest BCUT2D eigenvalue weighted by atomic mass is 10.3. The summed E-state index contributed by atoms with van der Waals surface area (Å²) in [6.07, 6.45) is 3.65. The van der Waals surface area contributed by atoms with Crippen LogP contribution in [-0.4, -0.2) is 48.2 Å². The van der Waals surface area contributed by atoms with E-state index in [0.29, 0.717) is 0 Å². The second-order valence-electron chi connectivity index (χ2n) is 5.60. The van der Waals surface area contributed by atoms with Gasteiger partial charge in [0.15, 0.2) is 0 Å². The molecule has 22 heavy (non-hydrogen) atoms. The normalized spacial score (nSPS) is 14.9. The zero-order valence-corrected chi connectivity index (χ0v) is 13.2. The molecule has 3 rings (SSSR count). The van der Waals surface area contributed by atoms with E-state index >= 15 is 0 Å². The van der Waals surface area contributed by atoms with Gasteiger partial charge in [-0.05, 0) is 19.1 Å². The predicted molar refractivity (Wildman–Crippen MR) is 88.2 cm³/mol. The highest BCUT2D eigenvalue weighted by Gasteiger charge is 2.13. The van der Waals surface area contributed by atoms with Crippen LogP contribution in [0.15, 0.2) is 30.6 Å². The quantitative estimate of drug-likeness (QED) is 0.916. The minimum atomic E-state index is 0.724. The fraction of sp³-hybridized carbons (Fsp3) is 0.438. The Bertz CT molecular complexity index is 624. The molecule has 116 valence electrons. The summed E-state index contributed by atoms with van der Waals surface area (Å²) >= 11 is 0. The van der Waals surface area contributed by atoms with Gasteiger partial charge in [-0.3, -0.25) is 9.97 Å². The third kappa shape index (κ3) is 3.51. The number of aromatic nitrogens is 3. The van der Waals surface area contributed by atoms with Crippen LogP contribution in [0.25, 0.3) is 0 Å². The van der Waals surface area contributed by atoms with E-state index < -0.39 is 0 Å². The number of rotatable bonds is 4. The lowest BCUT2D eigenvalue weighted by molar-refractivity contribution is 0.584. The average molecular weight is 298 g/mol. The number of hydrogen-bond acceptors (Lipinski definition) is 6. The molecule has 1 aliphatic heterocycles. The van der Waals surface area contributed by atoms with Crippen LogP contribution in [-0.2, 0) is 6.54 Å². The fourth-order valence-electron chi connectivity index (χ4n) is 2.59. The number of nitrogens with one attached hydrogen (secondary N) is 1. The van der Waals surface area contributed by atoms with Crippen molar-refractivity contribution in [2.45, 2.75) is 13.5 Å². The Morgan fingerprint density at radius 2 is 2.00 bits per heavy atom. The molecule has 0 radical (unpaired) electrons. The van der Waals surface area contributed by atoms with Gasteiger partial charge in [0.25, 0.3) is 0 Å². The van der Waals surface area contributed by atoms with Crippen LogP contribution < -0.4 is 15.1 Å². The van der Waals surface area contributed by atoms with Crippen molar-refractivity contribution in [3.63, 3.8) is 0 Å². The van der Waals surface area contributed by atoms with Gasteiger partial charge in [0.1, 0.15) is 11.6 Å². The standard InChI is InChI=1S/C16H22N6/c1-13-4-3-5-14(19-13)12-21(2)15-10-18-11-16(20-15)22-8-6-17-7-9-22/h3-5,10-11,17H,6-9,12H2,1-2H3. The number of anilines is 2. The van der Waals surface area contributed by atoms with Crippen LogP contribution >= 0.6 is 0 Å². The molecule has 1 aliphatic rings. The van der Waals surface area contributed by atoms with E-state index in [9.17, 15) is 0 Å². The molecule has 1 saturated heterocycles. The smallest absolute Gasteiger partial charge is 0.149 e. The molecule has 0 spiro atoms. The summed E-state index contributed by atoms with van der Waals surface area (Å²) < 4.78 is 0. The summed E-state index contributed by atoms with van der Waals surface area (Å²) in [5.41, 5.74) is 2.07. The molecular formula is C16H22N6. The Hall–Kier alpha value is -2.21. The van der Waals surface area contributed by atoms with Crippen molar-refractivity contribution in [1.82, 2.24) is 20.3 Å². The number of nitrogens with zero attached hydrogens (tertiary/aromatic N) is 5. The lowest BCUT2D eigenvalue weighted by Crippen LogP contribution is -2.44. The maximum atomic E-state index is 4.75. The van der Waals surface area contributed by atoms with Crippen LogP contribution in [0.2, 0.25) is 0 Å². The van der Waals surface area contributed by atoms with Crippen LogP contribution in [0, 0.1) is 6.92 Å². The van der Waals surface area contributed by atoms with Crippen molar-refractivity contribution < 1.29 is 0 Å². The molecule has 0 saturated carbocycles. The van der Waals surface area contributed by atoms with Crippen molar-refractivity contribution in [2.24, 2.45) is 0 Å². The van der Waals surface area contributed by atoms with Crippen molar-refractivity contribution in [3.05, 3.63) is 42.0 Å². The van der Waals surface area contributed by atoms with Crippen LogP contribution in [0.1, 0.15) is 11.4 Å². The zero-order chi connectivity index (χ0) is 15.4. The number of piperazine rings is 1. The van der Waals surface area contributed by atoms with Crippen LogP contribution in [0.3, 0.4) is 0 Å². The van der Waals surface area contributed by atoms with Gasteiger partial charge in [-0.15, -0.1) is 0 Å². The summed E-state index contributed by atoms with van der Waals surface area (Å²) in [5.74, 6) is 1.82. The molecule has 0 atom stereocenters. The first kappa shape index (κ1) is 14.7. The maximum Gasteiger partial charge on any atom is 0.149 e. The third-order valence-corrected chi connectivity index (χ3v) is 3.79. The molecule has 0 bridgehead atoms. The fourth-order valence-corrected chi connectivity index (χ4v) is 2.59. The summed E-state index contributed by atoms with van der Waals surface area (Å²) in [6, 6.07) is 6.08. The van der Waals surface area contributed by atoms with Crippen molar-refractivity contribution in [1.29, 1.82) is 0 Å². The summed E-state index contributed by atoms with van der Waals surface area (Å²) in [7, 11) is 2.02. The van der Waals surface area contributed by atoms with Crippen molar-refractivity contribution in [2.75, 3.05) is 43.0 Å². The van der Waals surface area contributed by atoms with Gasteiger partial charge in [-0.2, -0.15) is 0 Å². The highest BCUT2D eigenvalue weighted by molar-refractivity contribution is 5.45. The molecule has 2 aromatic rings. The Labute approximate surface area is 131 Å². The molecule has 2 aromatic heterocycles. The number of aryl methyl sites for hydroxylation is 1. The summed E-state index contributed by atoms with van der Waals surface area (Å²) in [5, 5.41) is 3.35. The number of pyridine rings is 1. The molecule has 0 amide bonds. The molecule has 1 N–H and O–H groups in total. The van der Waals surface area contributed by atoms with Crippen molar-refractivity contribution >= 4 is 11.6 Å². The minimum Gasteiger partial charge on any atom is -0.353 e. The monoisotopic (exact) mass is 298 g/mol. The highest BCUT2D eigenvalue weighted by Crippen LogP contribution is 2.16. The van der Waals surface area contributed by atoms with Gasteiger partial charge >= 0.3 is 0 Å². The largest absolute Gasteiger partial charge is 0.353 e. The molecule has 6 heteroatoms. The van der Waals surface area contributed by atoms with Gasteiger partial charge in [-0.1, -0.05) is 6.07 Å². The van der Waals surface area contributed by atoms with Gasteiger partial charge in [0.05, 0.1) is 24.6 Å². The second kappa shape index (κ2) is 6.70. The van der Waals surface area contributed by atoms with E-state index in [4.69, 9.17) is 4.98 Å². The molecule has 0 aliphatic carbocycles. The second-order valence-corrected chi connectivity index (χ2v) is 5.60. The topological polar surface area (TPSA) is 57.2 Å². The first-order valence-electron chi connectivity index (χ1n) is 7.64. The summed E-state index contributed by atoms with van der Waals surface area (Å²) in [6.45, 7) is 6.67.